The van der Waals surface area contributed by atoms with Crippen LogP contribution in [0, 0.1) is 23.2 Å². The maximum atomic E-state index is 13.5. The highest BCUT2D eigenvalue weighted by Crippen LogP contribution is 2.60. The monoisotopic (exact) mass is 610 g/mol. The number of aryl methyl sites for hydroxylation is 1. The van der Waals surface area contributed by atoms with Crippen molar-refractivity contribution in [1.82, 2.24) is 19.7 Å². The van der Waals surface area contributed by atoms with Crippen LogP contribution >= 0.6 is 11.6 Å². The Morgan fingerprint density at radius 2 is 1.75 bits per heavy atom. The number of anilines is 2. The number of rotatable bonds is 7. The van der Waals surface area contributed by atoms with Crippen molar-refractivity contribution in [2.45, 2.75) is 70.3 Å². The molecule has 4 N–H and O–H groups in total. The Labute approximate surface area is 260 Å². The number of aliphatic carboxylic acids is 1. The lowest BCUT2D eigenvalue weighted by Gasteiger charge is -2.56. The Balaban J connectivity index is 1.17. The molecule has 1 unspecified atom stereocenters. The molecule has 0 spiro atoms. The van der Waals surface area contributed by atoms with Crippen molar-refractivity contribution < 1.29 is 14.7 Å². The summed E-state index contributed by atoms with van der Waals surface area (Å²) >= 11 is 6.50. The summed E-state index contributed by atoms with van der Waals surface area (Å²) in [5.41, 5.74) is 9.54. The van der Waals surface area contributed by atoms with Gasteiger partial charge in [0.2, 0.25) is 5.91 Å². The van der Waals surface area contributed by atoms with E-state index in [1.807, 2.05) is 49.4 Å². The van der Waals surface area contributed by atoms with Crippen LogP contribution in [-0.2, 0) is 28.0 Å². The first-order valence-electron chi connectivity index (χ1n) is 15.6. The molecule has 1 aliphatic heterocycles. The minimum atomic E-state index is -1.10. The number of carbonyl (C=O) groups excluding carboxylic acids is 1. The van der Waals surface area contributed by atoms with E-state index in [9.17, 15) is 9.59 Å². The van der Waals surface area contributed by atoms with Crippen LogP contribution in [0.5, 0.6) is 0 Å². The number of amides is 1. The van der Waals surface area contributed by atoms with Crippen molar-refractivity contribution in [2.24, 2.45) is 23.2 Å². The second-order valence-electron chi connectivity index (χ2n) is 13.9. The zero-order valence-corrected chi connectivity index (χ0v) is 25.4. The number of halogens is 1. The fourth-order valence-corrected chi connectivity index (χ4v) is 9.45. The van der Waals surface area contributed by atoms with Crippen molar-refractivity contribution in [3.8, 4) is 11.5 Å². The molecular formula is C34H35ClN6O3. The van der Waals surface area contributed by atoms with Crippen molar-refractivity contribution in [2.75, 3.05) is 11.1 Å². The summed E-state index contributed by atoms with van der Waals surface area (Å²) in [5, 5.41) is 18.7. The number of hydrogen-bond donors (Lipinski definition) is 3. The smallest absolute Gasteiger partial charge is 0.303 e. The number of hydrogen-bond acceptors (Lipinski definition) is 6. The van der Waals surface area contributed by atoms with E-state index in [1.165, 1.54) is 38.5 Å². The zero-order chi connectivity index (χ0) is 30.4. The van der Waals surface area contributed by atoms with Crippen LogP contribution in [0.1, 0.15) is 68.6 Å². The van der Waals surface area contributed by atoms with Crippen LogP contribution in [0.15, 0.2) is 42.5 Å². The Morgan fingerprint density at radius 3 is 2.41 bits per heavy atom. The maximum Gasteiger partial charge on any atom is 0.303 e. The number of carboxylic acids is 1. The van der Waals surface area contributed by atoms with Gasteiger partial charge >= 0.3 is 5.97 Å². The molecule has 9 rings (SSSR count). The van der Waals surface area contributed by atoms with E-state index in [-0.39, 0.29) is 23.6 Å². The van der Waals surface area contributed by atoms with E-state index in [0.717, 1.165) is 46.3 Å². The fraction of sp³-hybridized carbons (Fsp3) is 0.441. The Bertz CT molecular complexity index is 1810. The molecule has 44 heavy (non-hydrogen) atoms. The van der Waals surface area contributed by atoms with Gasteiger partial charge in [0.1, 0.15) is 22.7 Å². The summed E-state index contributed by atoms with van der Waals surface area (Å²) in [7, 11) is 0. The minimum absolute atomic E-state index is 0.0443. The SMILES string of the molecule is CC1(c2ccc(CCC(=O)O)cc2)C(=O)Nc2nc(-c3nn(CC45CC6CC(CC(C6)C4)C5)c4cc(Cl)ccc34)nc(N)c21. The molecule has 4 aliphatic carbocycles. The van der Waals surface area contributed by atoms with Gasteiger partial charge in [-0.15, -0.1) is 0 Å². The molecule has 1 amide bonds. The number of benzene rings is 2. The molecule has 9 nitrogen and oxygen atoms in total. The van der Waals surface area contributed by atoms with Crippen LogP contribution in [-0.4, -0.2) is 36.7 Å². The maximum absolute atomic E-state index is 13.5. The second-order valence-corrected chi connectivity index (χ2v) is 14.3. The summed E-state index contributed by atoms with van der Waals surface area (Å²) in [4.78, 5) is 34.1. The lowest BCUT2D eigenvalue weighted by molar-refractivity contribution is -0.137. The van der Waals surface area contributed by atoms with Gasteiger partial charge in [-0.2, -0.15) is 5.10 Å². The molecule has 3 heterocycles. The Morgan fingerprint density at radius 1 is 1.07 bits per heavy atom. The van der Waals surface area contributed by atoms with Gasteiger partial charge in [-0.3, -0.25) is 14.3 Å². The quantitative estimate of drug-likeness (QED) is 0.226. The second kappa shape index (κ2) is 9.76. The van der Waals surface area contributed by atoms with Crippen LogP contribution < -0.4 is 11.1 Å². The zero-order valence-electron chi connectivity index (χ0n) is 24.6. The third-order valence-electron chi connectivity index (χ3n) is 10.9. The predicted molar refractivity (Wildman–Crippen MR) is 168 cm³/mol. The van der Waals surface area contributed by atoms with Crippen LogP contribution in [0.3, 0.4) is 0 Å². The van der Waals surface area contributed by atoms with Crippen molar-refractivity contribution in [3.05, 3.63) is 64.2 Å². The third-order valence-corrected chi connectivity index (χ3v) is 11.1. The number of nitrogens with one attached hydrogen (secondary N) is 1. The van der Waals surface area contributed by atoms with Crippen LogP contribution in [0.2, 0.25) is 5.02 Å². The van der Waals surface area contributed by atoms with Crippen molar-refractivity contribution in [1.29, 1.82) is 0 Å². The molecule has 2 aromatic heterocycles. The molecule has 1 atom stereocenters. The number of nitrogen functional groups attached to an aromatic ring is 1. The fourth-order valence-electron chi connectivity index (χ4n) is 9.28. The number of fused-ring (bicyclic) bond motifs is 2. The lowest BCUT2D eigenvalue weighted by atomic mass is 9.49. The first kappa shape index (κ1) is 27.6. The van der Waals surface area contributed by atoms with E-state index >= 15 is 0 Å². The molecule has 5 aliphatic rings. The third kappa shape index (κ3) is 4.30. The van der Waals surface area contributed by atoms with E-state index < -0.39 is 11.4 Å². The standard InChI is InChI=1S/C34H35ClN6O3/c1-33(22-5-2-18(3-6-22)4-9-26(42)43)27-29(36)37-31(38-30(27)39-32(33)44)28-24-8-7-23(35)13-25(24)41(40-28)17-34-14-19-10-20(15-34)12-21(11-19)16-34/h2-3,5-8,13,19-21H,4,9-12,14-17H2,1H3,(H,42,43)(H3,36,37,38,39,44). The molecule has 2 aromatic carbocycles. The highest BCUT2D eigenvalue weighted by Gasteiger charge is 2.51. The number of nitrogens with zero attached hydrogens (tertiary/aromatic N) is 4. The summed E-state index contributed by atoms with van der Waals surface area (Å²) in [6, 6.07) is 13.2. The van der Waals surface area contributed by atoms with Crippen molar-refractivity contribution >= 4 is 46.0 Å². The summed E-state index contributed by atoms with van der Waals surface area (Å²) in [6.07, 6.45) is 8.42. The minimum Gasteiger partial charge on any atom is -0.481 e. The summed E-state index contributed by atoms with van der Waals surface area (Å²) in [6.45, 7) is 2.67. The number of aromatic nitrogens is 4. The molecule has 4 bridgehead atoms. The average molecular weight is 611 g/mol. The van der Waals surface area contributed by atoms with E-state index in [0.29, 0.717) is 34.3 Å². The topological polar surface area (TPSA) is 136 Å². The van der Waals surface area contributed by atoms with Crippen LogP contribution in [0.4, 0.5) is 11.6 Å². The van der Waals surface area contributed by atoms with Gasteiger partial charge in [-0.05, 0) is 104 Å². The Hall–Kier alpha value is -3.98. The van der Waals surface area contributed by atoms with Gasteiger partial charge in [0, 0.05) is 23.4 Å². The molecule has 0 radical (unpaired) electrons. The van der Waals surface area contributed by atoms with Gasteiger partial charge in [-0.25, -0.2) is 9.97 Å². The van der Waals surface area contributed by atoms with Crippen LogP contribution in [0.25, 0.3) is 22.4 Å². The molecular weight excluding hydrogens is 576 g/mol. The number of carboxylic acid groups (broad SMARTS) is 1. The molecule has 4 fully saturated rings. The Kier molecular flexibility index (Phi) is 6.11. The van der Waals surface area contributed by atoms with Gasteiger partial charge in [0.25, 0.3) is 0 Å². The molecule has 4 saturated carbocycles. The number of carbonyl (C=O) groups is 2. The predicted octanol–water partition coefficient (Wildman–Crippen LogP) is 6.22. The number of nitrogens with two attached hydrogens (primary N) is 1. The molecule has 226 valence electrons. The summed E-state index contributed by atoms with van der Waals surface area (Å²) in [5.74, 6) is 2.39. The summed E-state index contributed by atoms with van der Waals surface area (Å²) < 4.78 is 2.12. The first-order chi connectivity index (χ1) is 21.1. The van der Waals surface area contributed by atoms with Gasteiger partial charge in [0.15, 0.2) is 5.82 Å². The first-order valence-corrected chi connectivity index (χ1v) is 16.0. The molecule has 10 heteroatoms. The normalized spacial score (nSPS) is 28.4. The van der Waals surface area contributed by atoms with E-state index in [4.69, 9.17) is 37.5 Å². The van der Waals surface area contributed by atoms with Gasteiger partial charge < -0.3 is 16.2 Å². The van der Waals surface area contributed by atoms with Gasteiger partial charge in [0.05, 0.1) is 11.1 Å². The van der Waals surface area contributed by atoms with Gasteiger partial charge in [-0.1, -0.05) is 35.9 Å². The molecule has 0 saturated heterocycles. The lowest BCUT2D eigenvalue weighted by Crippen LogP contribution is -2.48. The van der Waals surface area contributed by atoms with Crippen molar-refractivity contribution in [3.63, 3.8) is 0 Å². The van der Waals surface area contributed by atoms with E-state index in [1.54, 1.807) is 0 Å². The highest BCUT2D eigenvalue weighted by molar-refractivity contribution is 6.31. The highest BCUT2D eigenvalue weighted by atomic mass is 35.5. The average Bonchev–Trinajstić information content (AvgIpc) is 3.45. The van der Waals surface area contributed by atoms with E-state index in [2.05, 4.69) is 10.00 Å². The molecule has 4 aromatic rings. The largest absolute Gasteiger partial charge is 0.481 e.